The molecule has 1 saturated heterocycles. The van der Waals surface area contributed by atoms with Gasteiger partial charge in [0.05, 0.1) is 23.0 Å². The molecular formula is C20H26ClN5. The molecule has 0 radical (unpaired) electrons. The van der Waals surface area contributed by atoms with Gasteiger partial charge in [0.15, 0.2) is 0 Å². The highest BCUT2D eigenvalue weighted by Crippen LogP contribution is 2.29. The third-order valence-electron chi connectivity index (χ3n) is 4.74. The van der Waals surface area contributed by atoms with E-state index in [1.54, 1.807) is 17.1 Å². The molecule has 1 atom stereocenters. The molecule has 0 aliphatic carbocycles. The Balaban J connectivity index is 1.80. The summed E-state index contributed by atoms with van der Waals surface area (Å²) in [6, 6.07) is 1.95. The van der Waals surface area contributed by atoms with Gasteiger partial charge in [-0.15, -0.1) is 0 Å². The fourth-order valence-corrected chi connectivity index (χ4v) is 3.52. The van der Waals surface area contributed by atoms with Crippen molar-refractivity contribution in [3.63, 3.8) is 0 Å². The number of nitrogens with zero attached hydrogens (tertiary/aromatic N) is 5. The van der Waals surface area contributed by atoms with Crippen LogP contribution in [0.4, 0.5) is 5.69 Å². The highest BCUT2D eigenvalue weighted by Gasteiger charge is 2.22. The minimum atomic E-state index is 0.516. The number of rotatable bonds is 4. The first-order chi connectivity index (χ1) is 12.5. The maximum Gasteiger partial charge on any atom is 0.131 e. The first-order valence-corrected chi connectivity index (χ1v) is 9.45. The van der Waals surface area contributed by atoms with E-state index in [9.17, 15) is 0 Å². The summed E-state index contributed by atoms with van der Waals surface area (Å²) >= 11 is 6.19. The summed E-state index contributed by atoms with van der Waals surface area (Å²) in [6.07, 6.45) is 9.18. The molecule has 1 fully saturated rings. The van der Waals surface area contributed by atoms with Gasteiger partial charge in [0.2, 0.25) is 0 Å². The zero-order valence-electron chi connectivity index (χ0n) is 15.7. The molecule has 138 valence electrons. The van der Waals surface area contributed by atoms with Crippen LogP contribution in [0, 0.1) is 17.8 Å². The van der Waals surface area contributed by atoms with Gasteiger partial charge in [-0.05, 0) is 45.8 Å². The van der Waals surface area contributed by atoms with Crippen LogP contribution in [0.3, 0.4) is 0 Å². The third-order valence-corrected chi connectivity index (χ3v) is 4.95. The molecule has 5 nitrogen and oxygen atoms in total. The smallest absolute Gasteiger partial charge is 0.131 e. The molecule has 1 aliphatic rings. The van der Waals surface area contributed by atoms with E-state index in [0.29, 0.717) is 11.1 Å². The Hall–Kier alpha value is -2.03. The Kier molecular flexibility index (Phi) is 6.18. The molecule has 0 bridgehead atoms. The number of hydrogen-bond acceptors (Lipinski definition) is 4. The largest absolute Gasteiger partial charge is 0.370 e. The molecule has 26 heavy (non-hydrogen) atoms. The van der Waals surface area contributed by atoms with Crippen LogP contribution in [0.1, 0.15) is 30.4 Å². The second-order valence-corrected chi connectivity index (χ2v) is 7.61. The molecule has 2 aromatic heterocycles. The third kappa shape index (κ3) is 5.00. The SMILES string of the molecule is CN(C)CCC1CCCN(c2cc(Cl)ncc2C#Cc2cnn(C)c2)C1. The van der Waals surface area contributed by atoms with Crippen molar-refractivity contribution in [1.82, 2.24) is 19.7 Å². The van der Waals surface area contributed by atoms with E-state index >= 15 is 0 Å². The van der Waals surface area contributed by atoms with Crippen molar-refractivity contribution < 1.29 is 0 Å². The molecule has 3 heterocycles. The monoisotopic (exact) mass is 371 g/mol. The van der Waals surface area contributed by atoms with Crippen LogP contribution in [-0.4, -0.2) is 53.4 Å². The Morgan fingerprint density at radius 3 is 2.88 bits per heavy atom. The fourth-order valence-electron chi connectivity index (χ4n) is 3.36. The summed E-state index contributed by atoms with van der Waals surface area (Å²) in [4.78, 5) is 8.92. The minimum Gasteiger partial charge on any atom is -0.370 e. The quantitative estimate of drug-likeness (QED) is 0.611. The van der Waals surface area contributed by atoms with E-state index in [4.69, 9.17) is 11.6 Å². The van der Waals surface area contributed by atoms with Crippen LogP contribution in [0.15, 0.2) is 24.7 Å². The van der Waals surface area contributed by atoms with Crippen LogP contribution in [-0.2, 0) is 7.05 Å². The van der Waals surface area contributed by atoms with E-state index in [0.717, 1.165) is 36.4 Å². The van der Waals surface area contributed by atoms with Crippen LogP contribution >= 0.6 is 11.6 Å². The average molecular weight is 372 g/mol. The standard InChI is InChI=1S/C20H26ClN5/c1-24(2)10-8-16-5-4-9-26(15-16)19-11-20(21)22-13-18(19)7-6-17-12-23-25(3)14-17/h11-14,16H,4-5,8-10,15H2,1-3H3. The lowest BCUT2D eigenvalue weighted by molar-refractivity contribution is 0.319. The molecule has 0 spiro atoms. The summed E-state index contributed by atoms with van der Waals surface area (Å²) in [5.74, 6) is 7.15. The van der Waals surface area contributed by atoms with Gasteiger partial charge in [-0.3, -0.25) is 4.68 Å². The molecular weight excluding hydrogens is 346 g/mol. The Labute approximate surface area is 161 Å². The number of halogens is 1. The van der Waals surface area contributed by atoms with E-state index < -0.39 is 0 Å². The fraction of sp³-hybridized carbons (Fsp3) is 0.500. The van der Waals surface area contributed by atoms with Gasteiger partial charge in [0, 0.05) is 38.6 Å². The lowest BCUT2D eigenvalue weighted by Crippen LogP contribution is -2.37. The second-order valence-electron chi connectivity index (χ2n) is 7.22. The maximum atomic E-state index is 6.19. The lowest BCUT2D eigenvalue weighted by Gasteiger charge is -2.35. The predicted octanol–water partition coefficient (Wildman–Crippen LogP) is 3.04. The van der Waals surface area contributed by atoms with Crippen molar-refractivity contribution in [2.45, 2.75) is 19.3 Å². The summed E-state index contributed by atoms with van der Waals surface area (Å²) in [7, 11) is 6.16. The van der Waals surface area contributed by atoms with Crippen molar-refractivity contribution in [3.8, 4) is 11.8 Å². The highest BCUT2D eigenvalue weighted by molar-refractivity contribution is 6.29. The maximum absolute atomic E-state index is 6.19. The van der Waals surface area contributed by atoms with Gasteiger partial charge in [-0.2, -0.15) is 5.10 Å². The summed E-state index contributed by atoms with van der Waals surface area (Å²) in [5.41, 5.74) is 2.92. The summed E-state index contributed by atoms with van der Waals surface area (Å²) in [6.45, 7) is 3.22. The second kappa shape index (κ2) is 8.57. The Morgan fingerprint density at radius 2 is 2.15 bits per heavy atom. The van der Waals surface area contributed by atoms with Crippen molar-refractivity contribution in [2.24, 2.45) is 13.0 Å². The van der Waals surface area contributed by atoms with E-state index in [1.165, 1.54) is 19.3 Å². The molecule has 0 aromatic carbocycles. The van der Waals surface area contributed by atoms with Gasteiger partial charge in [0.1, 0.15) is 5.15 Å². The Bertz CT molecular complexity index is 802. The van der Waals surface area contributed by atoms with Crippen LogP contribution < -0.4 is 4.90 Å². The topological polar surface area (TPSA) is 37.2 Å². The highest BCUT2D eigenvalue weighted by atomic mass is 35.5. The van der Waals surface area contributed by atoms with Crippen LogP contribution in [0.2, 0.25) is 5.15 Å². The summed E-state index contributed by atoms with van der Waals surface area (Å²) < 4.78 is 1.75. The van der Waals surface area contributed by atoms with Gasteiger partial charge < -0.3 is 9.80 Å². The zero-order valence-corrected chi connectivity index (χ0v) is 16.5. The van der Waals surface area contributed by atoms with Gasteiger partial charge in [-0.25, -0.2) is 4.98 Å². The van der Waals surface area contributed by atoms with Crippen molar-refractivity contribution >= 4 is 17.3 Å². The molecule has 1 aliphatic heterocycles. The molecule has 2 aromatic rings. The molecule has 1 unspecified atom stereocenters. The van der Waals surface area contributed by atoms with E-state index in [1.807, 2.05) is 19.3 Å². The number of anilines is 1. The van der Waals surface area contributed by atoms with Crippen molar-refractivity contribution in [1.29, 1.82) is 0 Å². The first-order valence-electron chi connectivity index (χ1n) is 9.07. The van der Waals surface area contributed by atoms with Crippen LogP contribution in [0.25, 0.3) is 0 Å². The molecule has 0 saturated carbocycles. The van der Waals surface area contributed by atoms with Crippen LogP contribution in [0.5, 0.6) is 0 Å². The minimum absolute atomic E-state index is 0.516. The number of piperidine rings is 1. The van der Waals surface area contributed by atoms with Gasteiger partial charge in [0.25, 0.3) is 0 Å². The Morgan fingerprint density at radius 1 is 1.31 bits per heavy atom. The molecule has 3 rings (SSSR count). The number of hydrogen-bond donors (Lipinski definition) is 0. The molecule has 0 N–H and O–H groups in total. The summed E-state index contributed by atoms with van der Waals surface area (Å²) in [5, 5.41) is 4.68. The van der Waals surface area contributed by atoms with Crippen molar-refractivity contribution in [3.05, 3.63) is 40.9 Å². The normalized spacial score (nSPS) is 17.3. The number of aromatic nitrogens is 3. The van der Waals surface area contributed by atoms with Gasteiger partial charge >= 0.3 is 0 Å². The van der Waals surface area contributed by atoms with E-state index in [-0.39, 0.29) is 0 Å². The van der Waals surface area contributed by atoms with Gasteiger partial charge in [-0.1, -0.05) is 23.4 Å². The predicted molar refractivity (Wildman–Crippen MR) is 107 cm³/mol. The van der Waals surface area contributed by atoms with Crippen molar-refractivity contribution in [2.75, 3.05) is 38.6 Å². The number of pyridine rings is 1. The first kappa shape index (κ1) is 18.8. The molecule has 0 amide bonds. The number of aryl methyl sites for hydroxylation is 1. The molecule has 6 heteroatoms. The lowest BCUT2D eigenvalue weighted by atomic mass is 9.94. The average Bonchev–Trinajstić information content (AvgIpc) is 3.04. The zero-order chi connectivity index (χ0) is 18.5. The van der Waals surface area contributed by atoms with E-state index in [2.05, 4.69) is 45.8 Å².